The van der Waals surface area contributed by atoms with Crippen molar-refractivity contribution in [2.24, 2.45) is 10.8 Å². The summed E-state index contributed by atoms with van der Waals surface area (Å²) >= 11 is 0. The number of amides is 2. The quantitative estimate of drug-likeness (QED) is 0.590. The summed E-state index contributed by atoms with van der Waals surface area (Å²) in [5.74, 6) is 0. The second-order valence-corrected chi connectivity index (χ2v) is 3.44. The maximum atomic E-state index is 10.6. The Kier molecular flexibility index (Phi) is 4.51. The molecule has 0 unspecified atom stereocenters. The summed E-state index contributed by atoms with van der Waals surface area (Å²) in [6, 6.07) is 7.49. The van der Waals surface area contributed by atoms with Gasteiger partial charge in [0.15, 0.2) is 0 Å². The van der Waals surface area contributed by atoms with Gasteiger partial charge < -0.3 is 5.73 Å². The fraction of sp³-hybridized carbons (Fsp3) is 0.333. The van der Waals surface area contributed by atoms with E-state index in [1.807, 2.05) is 19.1 Å². The Morgan fingerprint density at radius 1 is 1.31 bits per heavy atom. The van der Waals surface area contributed by atoms with Crippen LogP contribution in [0.4, 0.5) is 4.79 Å². The van der Waals surface area contributed by atoms with E-state index in [2.05, 4.69) is 29.6 Å². The number of hydrazone groups is 1. The first-order valence-electron chi connectivity index (χ1n) is 5.38. The number of hydrogen-bond acceptors (Lipinski definition) is 2. The van der Waals surface area contributed by atoms with E-state index in [-0.39, 0.29) is 0 Å². The van der Waals surface area contributed by atoms with Crippen molar-refractivity contribution in [2.75, 3.05) is 0 Å². The van der Waals surface area contributed by atoms with Crippen molar-refractivity contribution in [1.82, 2.24) is 5.43 Å². The molecule has 0 aliphatic heterocycles. The van der Waals surface area contributed by atoms with Gasteiger partial charge >= 0.3 is 6.03 Å². The molecule has 3 N–H and O–H groups in total. The predicted molar refractivity (Wildman–Crippen MR) is 65.4 cm³/mol. The summed E-state index contributed by atoms with van der Waals surface area (Å²) in [6.07, 6.45) is 1.75. The van der Waals surface area contributed by atoms with Gasteiger partial charge in [0.2, 0.25) is 0 Å². The summed E-state index contributed by atoms with van der Waals surface area (Å²) in [5, 5.41) is 3.96. The lowest BCUT2D eigenvalue weighted by atomic mass is 10.1. The molecule has 1 rings (SSSR count). The normalized spacial score (nSPS) is 11.2. The lowest BCUT2D eigenvalue weighted by molar-refractivity contribution is 0.249. The number of urea groups is 1. The third kappa shape index (κ3) is 3.38. The van der Waals surface area contributed by atoms with Crippen LogP contribution < -0.4 is 11.2 Å². The highest BCUT2D eigenvalue weighted by atomic mass is 16.2. The molecule has 0 aliphatic rings. The highest BCUT2D eigenvalue weighted by Gasteiger charge is 2.01. The third-order valence-corrected chi connectivity index (χ3v) is 2.33. The molecule has 0 bridgehead atoms. The van der Waals surface area contributed by atoms with E-state index in [0.29, 0.717) is 0 Å². The SMILES string of the molecule is CCC(=NNC(N)=O)c1ccc(CC)cc1. The molecule has 16 heavy (non-hydrogen) atoms. The number of aryl methyl sites for hydroxylation is 1. The van der Waals surface area contributed by atoms with Crippen LogP contribution in [0.25, 0.3) is 0 Å². The highest BCUT2D eigenvalue weighted by molar-refractivity contribution is 6.00. The van der Waals surface area contributed by atoms with Crippen molar-refractivity contribution in [3.63, 3.8) is 0 Å². The number of carbonyl (C=O) groups is 1. The van der Waals surface area contributed by atoms with Gasteiger partial charge in [-0.3, -0.25) is 0 Å². The van der Waals surface area contributed by atoms with Crippen LogP contribution in [-0.4, -0.2) is 11.7 Å². The van der Waals surface area contributed by atoms with Gasteiger partial charge in [0.25, 0.3) is 0 Å². The minimum atomic E-state index is -0.642. The molecule has 2 amide bonds. The number of benzene rings is 1. The number of hydrogen-bond donors (Lipinski definition) is 2. The van der Waals surface area contributed by atoms with E-state index in [0.717, 1.165) is 24.1 Å². The Morgan fingerprint density at radius 2 is 1.94 bits per heavy atom. The maximum Gasteiger partial charge on any atom is 0.332 e. The fourth-order valence-corrected chi connectivity index (χ4v) is 1.40. The Labute approximate surface area is 95.5 Å². The molecule has 86 valence electrons. The number of carbonyl (C=O) groups excluding carboxylic acids is 1. The van der Waals surface area contributed by atoms with Crippen LogP contribution >= 0.6 is 0 Å². The second kappa shape index (κ2) is 5.90. The van der Waals surface area contributed by atoms with Crippen molar-refractivity contribution in [3.8, 4) is 0 Å². The first-order chi connectivity index (χ1) is 7.67. The van der Waals surface area contributed by atoms with Gasteiger partial charge in [0.1, 0.15) is 0 Å². The van der Waals surface area contributed by atoms with Crippen molar-refractivity contribution in [2.45, 2.75) is 26.7 Å². The van der Waals surface area contributed by atoms with Crippen LogP contribution in [0.2, 0.25) is 0 Å². The zero-order valence-electron chi connectivity index (χ0n) is 9.66. The fourth-order valence-electron chi connectivity index (χ4n) is 1.40. The largest absolute Gasteiger partial charge is 0.350 e. The molecule has 1 aromatic rings. The standard InChI is InChI=1S/C12H17N3O/c1-3-9-5-7-10(8-6-9)11(4-2)14-15-12(13)16/h5-8H,3-4H2,1-2H3,(H3,13,15,16). The van der Waals surface area contributed by atoms with Crippen molar-refractivity contribution < 1.29 is 4.79 Å². The maximum absolute atomic E-state index is 10.6. The van der Waals surface area contributed by atoms with Gasteiger partial charge in [-0.15, -0.1) is 0 Å². The number of nitrogens with zero attached hydrogens (tertiary/aromatic N) is 1. The molecule has 0 fully saturated rings. The van der Waals surface area contributed by atoms with Crippen LogP contribution in [0, 0.1) is 0 Å². The Bertz CT molecular complexity index is 382. The summed E-state index contributed by atoms with van der Waals surface area (Å²) < 4.78 is 0. The number of nitrogens with one attached hydrogen (secondary N) is 1. The van der Waals surface area contributed by atoms with E-state index in [1.165, 1.54) is 5.56 Å². The molecule has 0 atom stereocenters. The molecule has 1 aromatic carbocycles. The summed E-state index contributed by atoms with van der Waals surface area (Å²) in [6.45, 7) is 4.09. The van der Waals surface area contributed by atoms with Gasteiger partial charge in [-0.2, -0.15) is 5.10 Å². The van der Waals surface area contributed by atoms with Crippen molar-refractivity contribution in [3.05, 3.63) is 35.4 Å². The average Bonchev–Trinajstić information content (AvgIpc) is 2.30. The number of rotatable bonds is 4. The van der Waals surface area contributed by atoms with Gasteiger partial charge in [0.05, 0.1) is 5.71 Å². The van der Waals surface area contributed by atoms with Crippen LogP contribution in [0.5, 0.6) is 0 Å². The van der Waals surface area contributed by atoms with Gasteiger partial charge in [-0.05, 0) is 24.0 Å². The van der Waals surface area contributed by atoms with Crippen LogP contribution in [0.3, 0.4) is 0 Å². The molecule has 4 heteroatoms. The van der Waals surface area contributed by atoms with Crippen molar-refractivity contribution >= 4 is 11.7 Å². The third-order valence-electron chi connectivity index (χ3n) is 2.33. The molecule has 4 nitrogen and oxygen atoms in total. The van der Waals surface area contributed by atoms with E-state index in [4.69, 9.17) is 5.73 Å². The summed E-state index contributed by atoms with van der Waals surface area (Å²) in [5.41, 5.74) is 10.3. The van der Waals surface area contributed by atoms with Gasteiger partial charge in [-0.25, -0.2) is 10.2 Å². The van der Waals surface area contributed by atoms with Crippen molar-refractivity contribution in [1.29, 1.82) is 0 Å². The zero-order valence-corrected chi connectivity index (χ0v) is 9.66. The zero-order chi connectivity index (χ0) is 12.0. The minimum Gasteiger partial charge on any atom is -0.350 e. The predicted octanol–water partition coefficient (Wildman–Crippen LogP) is 2.03. The van der Waals surface area contributed by atoms with Crippen LogP contribution in [0.15, 0.2) is 29.4 Å². The smallest absolute Gasteiger partial charge is 0.332 e. The van der Waals surface area contributed by atoms with Gasteiger partial charge in [0, 0.05) is 0 Å². The first-order valence-corrected chi connectivity index (χ1v) is 5.38. The van der Waals surface area contributed by atoms with E-state index in [9.17, 15) is 4.79 Å². The first kappa shape index (κ1) is 12.2. The number of primary amides is 1. The minimum absolute atomic E-state index is 0.642. The summed E-state index contributed by atoms with van der Waals surface area (Å²) in [7, 11) is 0. The number of nitrogens with two attached hydrogens (primary N) is 1. The highest BCUT2D eigenvalue weighted by Crippen LogP contribution is 2.08. The molecule has 0 saturated carbocycles. The molecule has 0 heterocycles. The monoisotopic (exact) mass is 219 g/mol. The molecular formula is C12H17N3O. The topological polar surface area (TPSA) is 67.5 Å². The van der Waals surface area contributed by atoms with Crippen LogP contribution in [-0.2, 0) is 6.42 Å². The van der Waals surface area contributed by atoms with E-state index in [1.54, 1.807) is 0 Å². The second-order valence-electron chi connectivity index (χ2n) is 3.44. The molecule has 0 aromatic heterocycles. The van der Waals surface area contributed by atoms with E-state index < -0.39 is 6.03 Å². The Hall–Kier alpha value is -1.84. The molecule has 0 spiro atoms. The molecule has 0 aliphatic carbocycles. The van der Waals surface area contributed by atoms with E-state index >= 15 is 0 Å². The average molecular weight is 219 g/mol. The van der Waals surface area contributed by atoms with Gasteiger partial charge in [-0.1, -0.05) is 38.1 Å². The molecule has 0 radical (unpaired) electrons. The lowest BCUT2D eigenvalue weighted by Crippen LogP contribution is -2.25. The Morgan fingerprint density at radius 3 is 2.38 bits per heavy atom. The molecular weight excluding hydrogens is 202 g/mol. The molecule has 0 saturated heterocycles. The lowest BCUT2D eigenvalue weighted by Gasteiger charge is -2.05. The van der Waals surface area contributed by atoms with Crippen LogP contribution in [0.1, 0.15) is 31.4 Å². The Balaban J connectivity index is 2.86. The summed E-state index contributed by atoms with van der Waals surface area (Å²) in [4.78, 5) is 10.6.